The van der Waals surface area contributed by atoms with Crippen LogP contribution in [0.5, 0.6) is 0 Å². The van der Waals surface area contributed by atoms with Gasteiger partial charge in [-0.1, -0.05) is 105 Å². The second kappa shape index (κ2) is 10.2. The maximum Gasteiger partial charge on any atom is 0.240 e. The molecule has 0 spiro atoms. The van der Waals surface area contributed by atoms with Crippen molar-refractivity contribution in [2.75, 3.05) is 0 Å². The van der Waals surface area contributed by atoms with Crippen molar-refractivity contribution in [3.05, 3.63) is 112 Å². The first-order valence-electron chi connectivity index (χ1n) is 11.1. The van der Waals surface area contributed by atoms with Crippen LogP contribution in [0, 0.1) is 16.7 Å². The molecule has 0 aliphatic heterocycles. The topological polar surface area (TPSA) is 38.0 Å². The molecule has 0 radical (unpaired) electrons. The van der Waals surface area contributed by atoms with Crippen LogP contribution in [0.4, 0.5) is 0 Å². The van der Waals surface area contributed by atoms with E-state index in [9.17, 15) is 5.26 Å². The average molecular weight is 506 g/mol. The van der Waals surface area contributed by atoms with Crippen molar-refractivity contribution in [2.24, 2.45) is 5.41 Å². The van der Waals surface area contributed by atoms with Crippen molar-refractivity contribution >= 4 is 42.6 Å². The summed E-state index contributed by atoms with van der Waals surface area (Å²) in [4.78, 5) is 0. The summed E-state index contributed by atoms with van der Waals surface area (Å²) in [6.07, 6.45) is 1.46. The van der Waals surface area contributed by atoms with Gasteiger partial charge in [-0.15, -0.1) is 0 Å². The molecule has 34 heavy (non-hydrogen) atoms. The summed E-state index contributed by atoms with van der Waals surface area (Å²) in [5.41, 5.74) is 1.66. The molecule has 4 rings (SSSR count). The number of aromatic nitrogens is 1. The lowest BCUT2D eigenvalue weighted by atomic mass is 9.84. The lowest BCUT2D eigenvalue weighted by Gasteiger charge is -2.36. The number of nitriles is 1. The Balaban J connectivity index is 1.86. The molecule has 3 nitrogen and oxygen atoms in total. The standard InChI is InChI=1S/C28H26Cl2N2OSi/c1-28(2,3)27(33-34(21-12-6-4-7-13-21)22-14-8-5-9-15-22)25-23(29)16-17-24(26(25)30)32-18-10-11-20(32)19-31/h4-18,27,34H,1-3H3. The van der Waals surface area contributed by atoms with Crippen LogP contribution in [0.2, 0.25) is 10.0 Å². The van der Waals surface area contributed by atoms with Gasteiger partial charge in [-0.05, 0) is 40.1 Å². The van der Waals surface area contributed by atoms with Crippen molar-refractivity contribution in [3.63, 3.8) is 0 Å². The molecule has 0 saturated heterocycles. The van der Waals surface area contributed by atoms with Crippen LogP contribution in [0.3, 0.4) is 0 Å². The molecule has 0 aliphatic carbocycles. The molecule has 172 valence electrons. The van der Waals surface area contributed by atoms with E-state index in [1.54, 1.807) is 10.6 Å². The van der Waals surface area contributed by atoms with E-state index in [4.69, 9.17) is 27.6 Å². The first-order valence-corrected chi connectivity index (χ1v) is 13.5. The van der Waals surface area contributed by atoms with Gasteiger partial charge in [0.25, 0.3) is 0 Å². The van der Waals surface area contributed by atoms with Gasteiger partial charge in [0.05, 0.1) is 16.8 Å². The monoisotopic (exact) mass is 504 g/mol. The maximum atomic E-state index is 9.53. The quantitative estimate of drug-likeness (QED) is 0.289. The van der Waals surface area contributed by atoms with Crippen LogP contribution in [0.25, 0.3) is 5.69 Å². The van der Waals surface area contributed by atoms with Gasteiger partial charge in [-0.3, -0.25) is 0 Å². The summed E-state index contributed by atoms with van der Waals surface area (Å²) >= 11 is 13.8. The third-order valence-corrected chi connectivity index (χ3v) is 9.01. The molecule has 0 fully saturated rings. The fraction of sp³-hybridized carbons (Fsp3) is 0.179. The molecule has 0 aliphatic rings. The molecule has 0 N–H and O–H groups in total. The number of hydrogen-bond donors (Lipinski definition) is 0. The Labute approximate surface area is 212 Å². The van der Waals surface area contributed by atoms with Gasteiger partial charge in [-0.2, -0.15) is 5.26 Å². The van der Waals surface area contributed by atoms with Crippen LogP contribution in [0.15, 0.2) is 91.1 Å². The smallest absolute Gasteiger partial charge is 0.240 e. The Kier molecular flexibility index (Phi) is 7.30. The van der Waals surface area contributed by atoms with Crippen molar-refractivity contribution in [1.82, 2.24) is 4.57 Å². The predicted octanol–water partition coefficient (Wildman–Crippen LogP) is 6.30. The molecular formula is C28H26Cl2N2OSi. The molecule has 1 aromatic heterocycles. The molecule has 6 heteroatoms. The molecule has 1 unspecified atom stereocenters. The summed E-state index contributed by atoms with van der Waals surface area (Å²) in [5.74, 6) is 0. The highest BCUT2D eigenvalue weighted by molar-refractivity contribution is 6.80. The molecule has 0 bridgehead atoms. The third kappa shape index (κ3) is 4.99. The third-order valence-electron chi connectivity index (χ3n) is 5.75. The summed E-state index contributed by atoms with van der Waals surface area (Å²) in [5, 5.41) is 12.9. The molecule has 0 saturated carbocycles. The number of nitrogens with zero attached hydrogens (tertiary/aromatic N) is 2. The first kappa shape index (κ1) is 24.3. The normalized spacial score (nSPS) is 12.5. The molecular weight excluding hydrogens is 479 g/mol. The van der Waals surface area contributed by atoms with Crippen LogP contribution in [-0.4, -0.2) is 13.6 Å². The fourth-order valence-electron chi connectivity index (χ4n) is 4.11. The average Bonchev–Trinajstić information content (AvgIpc) is 3.30. The fourth-order valence-corrected chi connectivity index (χ4v) is 7.43. The molecule has 1 atom stereocenters. The molecule has 1 heterocycles. The van der Waals surface area contributed by atoms with Crippen LogP contribution in [-0.2, 0) is 4.43 Å². The minimum absolute atomic E-state index is 0.296. The van der Waals surface area contributed by atoms with E-state index in [0.29, 0.717) is 21.4 Å². The van der Waals surface area contributed by atoms with Crippen LogP contribution >= 0.6 is 23.2 Å². The highest BCUT2D eigenvalue weighted by Gasteiger charge is 2.35. The maximum absolute atomic E-state index is 9.53. The number of benzene rings is 3. The minimum Gasteiger partial charge on any atom is -0.403 e. The Morgan fingerprint density at radius 2 is 1.44 bits per heavy atom. The number of halogens is 2. The summed E-state index contributed by atoms with van der Waals surface area (Å²) < 4.78 is 8.84. The van der Waals surface area contributed by atoms with Crippen LogP contribution < -0.4 is 10.4 Å². The van der Waals surface area contributed by atoms with E-state index in [0.717, 1.165) is 5.56 Å². The molecule has 3 aromatic carbocycles. The van der Waals surface area contributed by atoms with Gasteiger partial charge >= 0.3 is 0 Å². The Morgan fingerprint density at radius 1 is 0.853 bits per heavy atom. The number of rotatable bonds is 6. The lowest BCUT2D eigenvalue weighted by Crippen LogP contribution is -2.47. The van der Waals surface area contributed by atoms with Gasteiger partial charge in [0.15, 0.2) is 0 Å². The van der Waals surface area contributed by atoms with Crippen molar-refractivity contribution < 1.29 is 4.43 Å². The summed E-state index contributed by atoms with van der Waals surface area (Å²) in [6, 6.07) is 30.2. The zero-order chi connectivity index (χ0) is 24.3. The highest BCUT2D eigenvalue weighted by atomic mass is 35.5. The minimum atomic E-state index is -2.09. The summed E-state index contributed by atoms with van der Waals surface area (Å²) in [7, 11) is -2.09. The van der Waals surface area contributed by atoms with E-state index < -0.39 is 9.04 Å². The lowest BCUT2D eigenvalue weighted by molar-refractivity contribution is 0.0898. The van der Waals surface area contributed by atoms with Crippen molar-refractivity contribution in [3.8, 4) is 11.8 Å². The van der Waals surface area contributed by atoms with E-state index in [2.05, 4.69) is 51.1 Å². The highest BCUT2D eigenvalue weighted by Crippen LogP contribution is 2.45. The van der Waals surface area contributed by atoms with Crippen molar-refractivity contribution in [1.29, 1.82) is 5.26 Å². The van der Waals surface area contributed by atoms with E-state index >= 15 is 0 Å². The zero-order valence-electron chi connectivity index (χ0n) is 19.4. The Morgan fingerprint density at radius 3 is 1.97 bits per heavy atom. The van der Waals surface area contributed by atoms with E-state index in [1.165, 1.54) is 10.4 Å². The van der Waals surface area contributed by atoms with E-state index in [1.807, 2.05) is 60.8 Å². The Bertz CT molecular complexity index is 1270. The van der Waals surface area contributed by atoms with Crippen LogP contribution in [0.1, 0.15) is 38.1 Å². The van der Waals surface area contributed by atoms with Gasteiger partial charge in [-0.25, -0.2) is 0 Å². The first-order chi connectivity index (χ1) is 16.3. The van der Waals surface area contributed by atoms with Crippen molar-refractivity contribution in [2.45, 2.75) is 26.9 Å². The second-order valence-electron chi connectivity index (χ2n) is 9.25. The Hall–Kier alpha value is -2.81. The second-order valence-corrected chi connectivity index (χ2v) is 12.4. The van der Waals surface area contributed by atoms with Gasteiger partial charge in [0, 0.05) is 16.8 Å². The molecule has 0 amide bonds. The SMILES string of the molecule is CC(C)(C)C(O[SiH](c1ccccc1)c1ccccc1)c1c(Cl)ccc(-n2cccc2C#N)c1Cl. The van der Waals surface area contributed by atoms with Gasteiger partial charge < -0.3 is 8.99 Å². The molecule has 4 aromatic rings. The largest absolute Gasteiger partial charge is 0.403 e. The summed E-state index contributed by atoms with van der Waals surface area (Å²) in [6.45, 7) is 6.40. The van der Waals surface area contributed by atoms with Gasteiger partial charge in [0.2, 0.25) is 9.04 Å². The number of hydrogen-bond acceptors (Lipinski definition) is 2. The van der Waals surface area contributed by atoms with Gasteiger partial charge in [0.1, 0.15) is 11.8 Å². The van der Waals surface area contributed by atoms with E-state index in [-0.39, 0.29) is 11.5 Å². The zero-order valence-corrected chi connectivity index (χ0v) is 22.0. The predicted molar refractivity (Wildman–Crippen MR) is 143 cm³/mol.